The van der Waals surface area contributed by atoms with E-state index in [0.717, 1.165) is 18.8 Å². The summed E-state index contributed by atoms with van der Waals surface area (Å²) in [5.41, 5.74) is 1.28. The van der Waals surface area contributed by atoms with Crippen molar-refractivity contribution in [2.24, 2.45) is 0 Å². The Balaban J connectivity index is 2.19. The number of thiocarbonyl (C=S) groups is 1. The van der Waals surface area contributed by atoms with Crippen molar-refractivity contribution in [2.75, 3.05) is 13.2 Å². The second kappa shape index (κ2) is 6.14. The second-order valence-electron chi connectivity index (χ2n) is 5.12. The highest BCUT2D eigenvalue weighted by Crippen LogP contribution is 2.46. The highest BCUT2D eigenvalue weighted by molar-refractivity contribution is 8.23. The molecule has 1 aliphatic rings. The molecule has 1 heterocycles. The molecule has 0 N–H and O–H groups in total. The molecule has 4 heteroatoms. The fraction of sp³-hybridized carbons (Fsp3) is 0.533. The van der Waals surface area contributed by atoms with Gasteiger partial charge in [0.05, 0.1) is 13.2 Å². The molecule has 2 rings (SSSR count). The lowest BCUT2D eigenvalue weighted by Crippen LogP contribution is -2.31. The molecule has 0 aromatic heterocycles. The molecule has 0 aliphatic carbocycles. The topological polar surface area (TPSA) is 18.5 Å². The van der Waals surface area contributed by atoms with E-state index in [9.17, 15) is 0 Å². The smallest absolute Gasteiger partial charge is 0.220 e. The summed E-state index contributed by atoms with van der Waals surface area (Å²) in [6.07, 6.45) is 1.02. The van der Waals surface area contributed by atoms with Crippen LogP contribution in [0, 0.1) is 0 Å². The molecular formula is C15H20O2S2. The SMILES string of the molecule is CCOC(=S)SC(C)(C)C1CCOc2ccccc21. The molecular weight excluding hydrogens is 276 g/mol. The van der Waals surface area contributed by atoms with Crippen molar-refractivity contribution in [3.63, 3.8) is 0 Å². The number of para-hydroxylation sites is 1. The Kier molecular flexibility index (Phi) is 4.74. The van der Waals surface area contributed by atoms with E-state index in [0.29, 0.717) is 16.9 Å². The Morgan fingerprint density at radius 1 is 1.47 bits per heavy atom. The van der Waals surface area contributed by atoms with Crippen molar-refractivity contribution < 1.29 is 9.47 Å². The van der Waals surface area contributed by atoms with E-state index < -0.39 is 0 Å². The van der Waals surface area contributed by atoms with Crippen LogP contribution in [0.4, 0.5) is 0 Å². The largest absolute Gasteiger partial charge is 0.493 e. The lowest BCUT2D eigenvalue weighted by molar-refractivity contribution is 0.254. The first-order valence-corrected chi connectivity index (χ1v) is 7.84. The summed E-state index contributed by atoms with van der Waals surface area (Å²) >= 11 is 6.93. The van der Waals surface area contributed by atoms with Gasteiger partial charge in [0.1, 0.15) is 5.75 Å². The summed E-state index contributed by atoms with van der Waals surface area (Å²) in [4.78, 5) is 0. The standard InChI is InChI=1S/C15H20O2S2/c1-4-16-14(18)19-15(2,3)12-9-10-17-13-8-6-5-7-11(12)13/h5-8,12H,4,9-10H2,1-3H3. The highest BCUT2D eigenvalue weighted by Gasteiger charge is 2.36. The van der Waals surface area contributed by atoms with E-state index in [1.807, 2.05) is 19.1 Å². The van der Waals surface area contributed by atoms with Crippen molar-refractivity contribution in [3.8, 4) is 5.75 Å². The molecule has 0 radical (unpaired) electrons. The lowest BCUT2D eigenvalue weighted by atomic mass is 9.83. The number of hydrogen-bond acceptors (Lipinski definition) is 4. The molecule has 0 spiro atoms. The van der Waals surface area contributed by atoms with E-state index in [1.54, 1.807) is 11.8 Å². The Hall–Kier alpha value is -0.740. The quantitative estimate of drug-likeness (QED) is 0.770. The molecule has 2 nitrogen and oxygen atoms in total. The first-order chi connectivity index (χ1) is 9.04. The lowest BCUT2D eigenvalue weighted by Gasteiger charge is -2.37. The van der Waals surface area contributed by atoms with Crippen molar-refractivity contribution in [1.29, 1.82) is 0 Å². The predicted molar refractivity (Wildman–Crippen MR) is 85.2 cm³/mol. The van der Waals surface area contributed by atoms with Crippen LogP contribution in [0.5, 0.6) is 5.75 Å². The molecule has 0 amide bonds. The van der Waals surface area contributed by atoms with E-state index in [2.05, 4.69) is 26.0 Å². The number of ether oxygens (including phenoxy) is 2. The molecule has 1 aliphatic heterocycles. The summed E-state index contributed by atoms with van der Waals surface area (Å²) in [6, 6.07) is 8.29. The average Bonchev–Trinajstić information content (AvgIpc) is 2.37. The molecule has 0 saturated heterocycles. The van der Waals surface area contributed by atoms with Gasteiger partial charge in [0.25, 0.3) is 0 Å². The minimum absolute atomic E-state index is 0.00609. The van der Waals surface area contributed by atoms with E-state index in [4.69, 9.17) is 21.7 Å². The number of rotatable bonds is 3. The maximum atomic E-state index is 5.73. The van der Waals surface area contributed by atoms with Gasteiger partial charge in [-0.3, -0.25) is 0 Å². The van der Waals surface area contributed by atoms with E-state index in [-0.39, 0.29) is 4.75 Å². The summed E-state index contributed by atoms with van der Waals surface area (Å²) in [7, 11) is 0. The summed E-state index contributed by atoms with van der Waals surface area (Å²) < 4.78 is 11.8. The van der Waals surface area contributed by atoms with Gasteiger partial charge in [-0.2, -0.15) is 0 Å². The van der Waals surface area contributed by atoms with Crippen LogP contribution in [0.3, 0.4) is 0 Å². The van der Waals surface area contributed by atoms with E-state index >= 15 is 0 Å². The number of fused-ring (bicyclic) bond motifs is 1. The van der Waals surface area contributed by atoms with Crippen LogP contribution in [0.2, 0.25) is 0 Å². The van der Waals surface area contributed by atoms with Crippen LogP contribution >= 0.6 is 24.0 Å². The second-order valence-corrected chi connectivity index (χ2v) is 7.37. The molecule has 1 unspecified atom stereocenters. The van der Waals surface area contributed by atoms with Crippen molar-refractivity contribution in [1.82, 2.24) is 0 Å². The highest BCUT2D eigenvalue weighted by atomic mass is 32.2. The predicted octanol–water partition coefficient (Wildman–Crippen LogP) is 4.39. The number of benzene rings is 1. The maximum absolute atomic E-state index is 5.73. The van der Waals surface area contributed by atoms with Crippen LogP contribution in [0.15, 0.2) is 24.3 Å². The Labute approximate surface area is 124 Å². The van der Waals surface area contributed by atoms with Gasteiger partial charge in [0, 0.05) is 10.7 Å². The zero-order valence-electron chi connectivity index (χ0n) is 11.6. The van der Waals surface area contributed by atoms with Gasteiger partial charge in [-0.1, -0.05) is 30.0 Å². The number of hydrogen-bond donors (Lipinski definition) is 0. The van der Waals surface area contributed by atoms with Crippen LogP contribution in [0.25, 0.3) is 0 Å². The van der Waals surface area contributed by atoms with Gasteiger partial charge in [-0.05, 0) is 51.0 Å². The zero-order chi connectivity index (χ0) is 13.9. The fourth-order valence-electron chi connectivity index (χ4n) is 2.50. The van der Waals surface area contributed by atoms with Crippen LogP contribution in [-0.4, -0.2) is 22.3 Å². The van der Waals surface area contributed by atoms with E-state index in [1.165, 1.54) is 5.56 Å². The normalized spacial score (nSPS) is 18.4. The molecule has 19 heavy (non-hydrogen) atoms. The number of thioether (sulfide) groups is 1. The Bertz CT molecular complexity index is 457. The Morgan fingerprint density at radius 2 is 2.21 bits per heavy atom. The van der Waals surface area contributed by atoms with Crippen molar-refractivity contribution in [2.45, 2.75) is 37.9 Å². The molecule has 1 atom stereocenters. The first-order valence-electron chi connectivity index (χ1n) is 6.62. The summed E-state index contributed by atoms with van der Waals surface area (Å²) in [5, 5.41) is 0. The van der Waals surface area contributed by atoms with Crippen LogP contribution in [0.1, 0.15) is 38.7 Å². The van der Waals surface area contributed by atoms with Crippen LogP contribution in [-0.2, 0) is 4.74 Å². The molecule has 0 bridgehead atoms. The van der Waals surface area contributed by atoms with Gasteiger partial charge < -0.3 is 9.47 Å². The molecule has 1 aromatic rings. The van der Waals surface area contributed by atoms with Gasteiger partial charge in [0.2, 0.25) is 4.38 Å². The van der Waals surface area contributed by atoms with Gasteiger partial charge in [0.15, 0.2) is 0 Å². The minimum atomic E-state index is 0.00609. The first kappa shape index (κ1) is 14.7. The third kappa shape index (κ3) is 3.42. The summed E-state index contributed by atoms with van der Waals surface area (Å²) in [6.45, 7) is 7.83. The van der Waals surface area contributed by atoms with Crippen molar-refractivity contribution >= 4 is 28.4 Å². The van der Waals surface area contributed by atoms with Gasteiger partial charge in [-0.25, -0.2) is 0 Å². The monoisotopic (exact) mass is 296 g/mol. The fourth-order valence-corrected chi connectivity index (χ4v) is 4.25. The van der Waals surface area contributed by atoms with Crippen LogP contribution < -0.4 is 4.74 Å². The van der Waals surface area contributed by atoms with Crippen molar-refractivity contribution in [3.05, 3.63) is 29.8 Å². The van der Waals surface area contributed by atoms with Gasteiger partial charge >= 0.3 is 0 Å². The molecule has 104 valence electrons. The third-order valence-electron chi connectivity index (χ3n) is 3.41. The van der Waals surface area contributed by atoms with Gasteiger partial charge in [-0.15, -0.1) is 0 Å². The molecule has 1 aromatic carbocycles. The average molecular weight is 296 g/mol. The summed E-state index contributed by atoms with van der Waals surface area (Å²) in [5.74, 6) is 1.44. The maximum Gasteiger partial charge on any atom is 0.220 e. The minimum Gasteiger partial charge on any atom is -0.493 e. The third-order valence-corrected chi connectivity index (χ3v) is 4.87. The molecule has 0 fully saturated rings. The zero-order valence-corrected chi connectivity index (χ0v) is 13.3. The Morgan fingerprint density at radius 3 is 2.95 bits per heavy atom. The molecule has 0 saturated carbocycles.